The van der Waals surface area contributed by atoms with E-state index in [1.807, 2.05) is 18.2 Å². The number of ether oxygens (including phenoxy) is 1. The molecule has 0 bridgehead atoms. The molecule has 1 aromatic heterocycles. The summed E-state index contributed by atoms with van der Waals surface area (Å²) in [7, 11) is 0. The number of rotatable bonds is 2. The molecule has 0 aliphatic rings. The Kier molecular flexibility index (Phi) is 2.64. The predicted molar refractivity (Wildman–Crippen MR) is 60.0 cm³/mol. The topological polar surface area (TPSA) is 52.1 Å². The van der Waals surface area contributed by atoms with Gasteiger partial charge in [0.15, 0.2) is 0 Å². The van der Waals surface area contributed by atoms with Crippen LogP contribution in [0.15, 0.2) is 42.6 Å². The molecule has 16 heavy (non-hydrogen) atoms. The van der Waals surface area contributed by atoms with Crippen LogP contribution in [0.1, 0.15) is 6.92 Å². The molecule has 0 N–H and O–H groups in total. The van der Waals surface area contributed by atoms with Crippen LogP contribution in [0.25, 0.3) is 11.0 Å². The Bertz CT molecular complexity index is 564. The van der Waals surface area contributed by atoms with E-state index in [0.717, 1.165) is 5.52 Å². The van der Waals surface area contributed by atoms with Gasteiger partial charge in [0, 0.05) is 5.57 Å². The highest BCUT2D eigenvalue weighted by Gasteiger charge is 2.07. The van der Waals surface area contributed by atoms with Crippen LogP contribution in [0.2, 0.25) is 0 Å². The minimum atomic E-state index is -0.496. The first-order valence-electron chi connectivity index (χ1n) is 4.76. The summed E-state index contributed by atoms with van der Waals surface area (Å²) in [6, 6.07) is 7.37. The molecule has 0 saturated carbocycles. The quantitative estimate of drug-likeness (QED) is 0.567. The number of hydrogen-bond acceptors (Lipinski definition) is 4. The summed E-state index contributed by atoms with van der Waals surface area (Å²) in [6.07, 6.45) is 1.42. The standard InChI is InChI=1S/C12H10N2O2/c1-8(2)12(15)16-11-7-13-9-5-3-4-6-10(9)14-11/h3-7H,1H2,2H3. The summed E-state index contributed by atoms with van der Waals surface area (Å²) < 4.78 is 4.97. The fourth-order valence-corrected chi connectivity index (χ4v) is 1.17. The number of hydrogen-bond donors (Lipinski definition) is 0. The second kappa shape index (κ2) is 4.10. The lowest BCUT2D eigenvalue weighted by atomic mass is 10.3. The smallest absolute Gasteiger partial charge is 0.339 e. The molecule has 1 heterocycles. The summed E-state index contributed by atoms with van der Waals surface area (Å²) in [5.74, 6) is -0.309. The third kappa shape index (κ3) is 2.06. The van der Waals surface area contributed by atoms with Gasteiger partial charge >= 0.3 is 5.97 Å². The van der Waals surface area contributed by atoms with E-state index in [0.29, 0.717) is 11.1 Å². The van der Waals surface area contributed by atoms with Crippen molar-refractivity contribution in [2.24, 2.45) is 0 Å². The molecule has 0 saturated heterocycles. The Morgan fingerprint density at radius 2 is 2.00 bits per heavy atom. The maximum absolute atomic E-state index is 11.3. The van der Waals surface area contributed by atoms with E-state index in [-0.39, 0.29) is 5.88 Å². The fraction of sp³-hybridized carbons (Fsp3) is 0.0833. The molecule has 0 atom stereocenters. The molecule has 4 heteroatoms. The van der Waals surface area contributed by atoms with Crippen LogP contribution in [-0.4, -0.2) is 15.9 Å². The number of carbonyl (C=O) groups excluding carboxylic acids is 1. The minimum absolute atomic E-state index is 0.187. The van der Waals surface area contributed by atoms with Gasteiger partial charge in [0.25, 0.3) is 0 Å². The minimum Gasteiger partial charge on any atom is -0.402 e. The number of aromatic nitrogens is 2. The Balaban J connectivity index is 2.33. The van der Waals surface area contributed by atoms with Crippen molar-refractivity contribution < 1.29 is 9.53 Å². The maximum atomic E-state index is 11.3. The average molecular weight is 214 g/mol. The van der Waals surface area contributed by atoms with Crippen LogP contribution in [0.5, 0.6) is 5.88 Å². The van der Waals surface area contributed by atoms with E-state index in [1.165, 1.54) is 6.20 Å². The summed E-state index contributed by atoms with van der Waals surface area (Å²) in [6.45, 7) is 5.07. The molecular weight excluding hydrogens is 204 g/mol. The summed E-state index contributed by atoms with van der Waals surface area (Å²) in [5.41, 5.74) is 1.78. The molecule has 0 aliphatic heterocycles. The van der Waals surface area contributed by atoms with Crippen LogP contribution in [0.3, 0.4) is 0 Å². The summed E-state index contributed by atoms with van der Waals surface area (Å²) >= 11 is 0. The number of fused-ring (bicyclic) bond motifs is 1. The molecule has 0 amide bonds. The molecule has 2 aromatic rings. The second-order valence-electron chi connectivity index (χ2n) is 3.37. The number of nitrogens with zero attached hydrogens (tertiary/aromatic N) is 2. The fourth-order valence-electron chi connectivity index (χ4n) is 1.17. The molecule has 0 radical (unpaired) electrons. The van der Waals surface area contributed by atoms with E-state index in [2.05, 4.69) is 16.5 Å². The number of esters is 1. The third-order valence-electron chi connectivity index (χ3n) is 1.97. The molecule has 0 spiro atoms. The van der Waals surface area contributed by atoms with Gasteiger partial charge in [0.2, 0.25) is 5.88 Å². The summed E-state index contributed by atoms with van der Waals surface area (Å²) in [4.78, 5) is 19.5. The van der Waals surface area contributed by atoms with Crippen LogP contribution in [0.4, 0.5) is 0 Å². The average Bonchev–Trinajstić information content (AvgIpc) is 2.28. The Hall–Kier alpha value is -2.23. The van der Waals surface area contributed by atoms with E-state index >= 15 is 0 Å². The van der Waals surface area contributed by atoms with Crippen molar-refractivity contribution in [3.8, 4) is 5.88 Å². The molecular formula is C12H10N2O2. The highest BCUT2D eigenvalue weighted by atomic mass is 16.5. The Labute approximate surface area is 92.6 Å². The first-order valence-corrected chi connectivity index (χ1v) is 4.76. The van der Waals surface area contributed by atoms with Crippen molar-refractivity contribution in [1.29, 1.82) is 0 Å². The maximum Gasteiger partial charge on any atom is 0.339 e. The van der Waals surface area contributed by atoms with Gasteiger partial charge in [-0.2, -0.15) is 0 Å². The van der Waals surface area contributed by atoms with Crippen LogP contribution in [0, 0.1) is 0 Å². The molecule has 0 aliphatic carbocycles. The lowest BCUT2D eigenvalue weighted by molar-refractivity contribution is -0.130. The Morgan fingerprint density at radius 3 is 2.69 bits per heavy atom. The first kappa shape index (κ1) is 10.3. The van der Waals surface area contributed by atoms with E-state index in [9.17, 15) is 4.79 Å². The van der Waals surface area contributed by atoms with E-state index < -0.39 is 5.97 Å². The van der Waals surface area contributed by atoms with E-state index in [1.54, 1.807) is 13.0 Å². The van der Waals surface area contributed by atoms with Crippen molar-refractivity contribution in [2.75, 3.05) is 0 Å². The van der Waals surface area contributed by atoms with Crippen molar-refractivity contribution in [3.05, 3.63) is 42.6 Å². The largest absolute Gasteiger partial charge is 0.402 e. The van der Waals surface area contributed by atoms with Gasteiger partial charge in [0.05, 0.1) is 17.2 Å². The highest BCUT2D eigenvalue weighted by molar-refractivity contribution is 5.88. The lowest BCUT2D eigenvalue weighted by Crippen LogP contribution is -2.09. The van der Waals surface area contributed by atoms with Gasteiger partial charge in [-0.05, 0) is 19.1 Å². The number of benzene rings is 1. The highest BCUT2D eigenvalue weighted by Crippen LogP contribution is 2.13. The zero-order valence-electron chi connectivity index (χ0n) is 8.80. The van der Waals surface area contributed by atoms with Crippen molar-refractivity contribution in [3.63, 3.8) is 0 Å². The van der Waals surface area contributed by atoms with Crippen molar-refractivity contribution in [2.45, 2.75) is 6.92 Å². The number of carbonyl (C=O) groups is 1. The third-order valence-corrected chi connectivity index (χ3v) is 1.97. The lowest BCUT2D eigenvalue weighted by Gasteiger charge is -2.02. The van der Waals surface area contributed by atoms with Gasteiger partial charge in [-0.15, -0.1) is 0 Å². The van der Waals surface area contributed by atoms with E-state index in [4.69, 9.17) is 4.74 Å². The van der Waals surface area contributed by atoms with Crippen molar-refractivity contribution >= 4 is 17.0 Å². The van der Waals surface area contributed by atoms with Crippen molar-refractivity contribution in [1.82, 2.24) is 9.97 Å². The SMILES string of the molecule is C=C(C)C(=O)Oc1cnc2ccccc2n1. The van der Waals surface area contributed by atoms with Crippen LogP contribution >= 0.6 is 0 Å². The zero-order valence-corrected chi connectivity index (χ0v) is 8.80. The molecule has 1 aromatic carbocycles. The van der Waals surface area contributed by atoms with Crippen LogP contribution < -0.4 is 4.74 Å². The monoisotopic (exact) mass is 214 g/mol. The second-order valence-corrected chi connectivity index (χ2v) is 3.37. The van der Waals surface area contributed by atoms with Crippen LogP contribution in [-0.2, 0) is 4.79 Å². The van der Waals surface area contributed by atoms with Gasteiger partial charge in [-0.1, -0.05) is 18.7 Å². The van der Waals surface area contributed by atoms with Gasteiger partial charge in [-0.3, -0.25) is 0 Å². The van der Waals surface area contributed by atoms with Gasteiger partial charge in [-0.25, -0.2) is 14.8 Å². The molecule has 2 rings (SSSR count). The number of para-hydroxylation sites is 2. The molecule has 0 fully saturated rings. The van der Waals surface area contributed by atoms with Gasteiger partial charge in [0.1, 0.15) is 0 Å². The predicted octanol–water partition coefficient (Wildman–Crippen LogP) is 2.11. The first-order chi connectivity index (χ1) is 7.66. The zero-order chi connectivity index (χ0) is 11.5. The van der Waals surface area contributed by atoms with Gasteiger partial charge < -0.3 is 4.74 Å². The molecule has 4 nitrogen and oxygen atoms in total. The molecule has 0 unspecified atom stereocenters. The summed E-state index contributed by atoms with van der Waals surface area (Å²) in [5, 5.41) is 0. The normalized spacial score (nSPS) is 10.1. The molecule has 80 valence electrons. The Morgan fingerprint density at radius 1 is 1.31 bits per heavy atom.